The molecule has 2 aromatic heterocycles. The first-order chi connectivity index (χ1) is 8.34. The quantitative estimate of drug-likeness (QED) is 0.475. The number of hydrogen-bond acceptors (Lipinski definition) is 2. The van der Waals surface area contributed by atoms with Crippen molar-refractivity contribution in [1.29, 1.82) is 0 Å². The Bertz CT molecular complexity index is 670. The molecular formula is C14H12INOS. The van der Waals surface area contributed by atoms with Gasteiger partial charge in [0.2, 0.25) is 5.52 Å². The molecule has 0 radical (unpaired) electrons. The van der Waals surface area contributed by atoms with Crippen LogP contribution < -0.4 is 28.5 Å². The Kier molecular flexibility index (Phi) is 4.19. The van der Waals surface area contributed by atoms with Crippen LogP contribution in [0.3, 0.4) is 0 Å². The molecule has 0 aliphatic carbocycles. The predicted octanol–water partition coefficient (Wildman–Crippen LogP) is 0.493. The van der Waals surface area contributed by atoms with Crippen LogP contribution in [-0.4, -0.2) is 0 Å². The Labute approximate surface area is 127 Å². The number of aromatic nitrogens is 1. The summed E-state index contributed by atoms with van der Waals surface area (Å²) in [5.41, 5.74) is 1.26. The Balaban J connectivity index is 0.00000120. The maximum absolute atomic E-state index is 5.28. The van der Waals surface area contributed by atoms with E-state index in [1.807, 2.05) is 18.2 Å². The molecule has 3 aromatic rings. The number of para-hydroxylation sites is 1. The molecule has 0 fully saturated rings. The first-order valence-corrected chi connectivity index (χ1v) is 6.25. The monoisotopic (exact) mass is 369 g/mol. The van der Waals surface area contributed by atoms with Gasteiger partial charge in [-0.2, -0.15) is 4.57 Å². The standard InChI is InChI=1S/C14H12NOS.HI/c1-15-12-6-2-3-7-13(12)17-14(15)9-8-11-5-4-10-16-11;/h2-10H,1H3;1H/q+1;/p-1/b9-8+;. The first kappa shape index (κ1) is 13.3. The second-order valence-electron chi connectivity index (χ2n) is 3.82. The van der Waals surface area contributed by atoms with Crippen molar-refractivity contribution in [3.05, 3.63) is 53.4 Å². The molecule has 2 nitrogen and oxygen atoms in total. The lowest BCUT2D eigenvalue weighted by Crippen LogP contribution is -3.00. The van der Waals surface area contributed by atoms with Gasteiger partial charge >= 0.3 is 0 Å². The number of nitrogens with zero attached hydrogens (tertiary/aromatic N) is 1. The molecular weight excluding hydrogens is 357 g/mol. The largest absolute Gasteiger partial charge is 1.00 e. The fraction of sp³-hybridized carbons (Fsp3) is 0.0714. The van der Waals surface area contributed by atoms with Gasteiger partial charge in [-0.1, -0.05) is 23.5 Å². The molecule has 1 aromatic carbocycles. The molecule has 92 valence electrons. The van der Waals surface area contributed by atoms with E-state index >= 15 is 0 Å². The van der Waals surface area contributed by atoms with Gasteiger partial charge in [-0.25, -0.2) is 0 Å². The van der Waals surface area contributed by atoms with E-state index < -0.39 is 0 Å². The van der Waals surface area contributed by atoms with Gasteiger partial charge in [-0.05, 0) is 24.3 Å². The van der Waals surface area contributed by atoms with Gasteiger partial charge < -0.3 is 28.4 Å². The molecule has 0 saturated carbocycles. The van der Waals surface area contributed by atoms with E-state index in [9.17, 15) is 0 Å². The van der Waals surface area contributed by atoms with E-state index in [0.29, 0.717) is 0 Å². The summed E-state index contributed by atoms with van der Waals surface area (Å²) in [7, 11) is 2.08. The van der Waals surface area contributed by atoms with Gasteiger partial charge in [-0.3, -0.25) is 0 Å². The summed E-state index contributed by atoms with van der Waals surface area (Å²) in [4.78, 5) is 0. The van der Waals surface area contributed by atoms with E-state index in [0.717, 1.165) is 5.76 Å². The highest BCUT2D eigenvalue weighted by molar-refractivity contribution is 7.18. The number of hydrogen-bond donors (Lipinski definition) is 0. The summed E-state index contributed by atoms with van der Waals surface area (Å²) in [6.07, 6.45) is 5.76. The van der Waals surface area contributed by atoms with Crippen molar-refractivity contribution < 1.29 is 33.0 Å². The van der Waals surface area contributed by atoms with Gasteiger partial charge in [0.15, 0.2) is 0 Å². The molecule has 0 N–H and O–H groups in total. The maximum atomic E-state index is 5.28. The topological polar surface area (TPSA) is 17.0 Å². The molecule has 4 heteroatoms. The fourth-order valence-corrected chi connectivity index (χ4v) is 2.86. The first-order valence-electron chi connectivity index (χ1n) is 5.44. The van der Waals surface area contributed by atoms with E-state index in [1.54, 1.807) is 17.6 Å². The molecule has 0 amide bonds. The van der Waals surface area contributed by atoms with E-state index in [4.69, 9.17) is 4.42 Å². The molecule has 0 bridgehead atoms. The Hall–Kier alpha value is -1.14. The van der Waals surface area contributed by atoms with Gasteiger partial charge in [0.05, 0.1) is 6.26 Å². The van der Waals surface area contributed by atoms with Crippen LogP contribution in [0.4, 0.5) is 0 Å². The number of thiazole rings is 1. The third-order valence-electron chi connectivity index (χ3n) is 2.71. The fourth-order valence-electron chi connectivity index (χ4n) is 1.81. The number of aryl methyl sites for hydroxylation is 1. The Morgan fingerprint density at radius 2 is 1.94 bits per heavy atom. The van der Waals surface area contributed by atoms with Crippen LogP contribution in [-0.2, 0) is 7.05 Å². The van der Waals surface area contributed by atoms with E-state index in [-0.39, 0.29) is 24.0 Å². The third-order valence-corrected chi connectivity index (χ3v) is 3.89. The molecule has 0 spiro atoms. The minimum atomic E-state index is 0. The minimum Gasteiger partial charge on any atom is -1.00 e. The van der Waals surface area contributed by atoms with Crippen molar-refractivity contribution in [3.8, 4) is 0 Å². The van der Waals surface area contributed by atoms with Crippen LogP contribution >= 0.6 is 11.3 Å². The zero-order valence-corrected chi connectivity index (χ0v) is 12.8. The minimum absolute atomic E-state index is 0. The van der Waals surface area contributed by atoms with Crippen LogP contribution in [0.25, 0.3) is 22.4 Å². The summed E-state index contributed by atoms with van der Waals surface area (Å²) in [5.74, 6) is 0.877. The van der Waals surface area contributed by atoms with Crippen molar-refractivity contribution >= 4 is 33.7 Å². The highest BCUT2D eigenvalue weighted by atomic mass is 127. The maximum Gasteiger partial charge on any atom is 0.262 e. The molecule has 3 rings (SSSR count). The molecule has 18 heavy (non-hydrogen) atoms. The number of furan rings is 1. The molecule has 2 heterocycles. The van der Waals surface area contributed by atoms with Crippen molar-refractivity contribution in [2.24, 2.45) is 7.05 Å². The van der Waals surface area contributed by atoms with Gasteiger partial charge in [0.25, 0.3) is 5.01 Å². The van der Waals surface area contributed by atoms with Crippen molar-refractivity contribution in [2.45, 2.75) is 0 Å². The van der Waals surface area contributed by atoms with Crippen molar-refractivity contribution in [1.82, 2.24) is 0 Å². The Morgan fingerprint density at radius 3 is 2.67 bits per heavy atom. The second-order valence-corrected chi connectivity index (χ2v) is 4.88. The highest BCUT2D eigenvalue weighted by Crippen LogP contribution is 2.21. The smallest absolute Gasteiger partial charge is 0.262 e. The summed E-state index contributed by atoms with van der Waals surface area (Å²) in [6.45, 7) is 0. The van der Waals surface area contributed by atoms with Crippen molar-refractivity contribution in [2.75, 3.05) is 0 Å². The van der Waals surface area contributed by atoms with Gasteiger partial charge in [0.1, 0.15) is 17.5 Å². The van der Waals surface area contributed by atoms with Gasteiger partial charge in [0, 0.05) is 12.1 Å². The molecule has 0 aliphatic rings. The lowest BCUT2D eigenvalue weighted by atomic mass is 10.3. The predicted molar refractivity (Wildman–Crippen MR) is 70.6 cm³/mol. The summed E-state index contributed by atoms with van der Waals surface area (Å²) in [5, 5.41) is 1.21. The summed E-state index contributed by atoms with van der Waals surface area (Å²) >= 11 is 1.78. The van der Waals surface area contributed by atoms with E-state index in [1.165, 1.54) is 15.2 Å². The third kappa shape index (κ3) is 2.49. The second kappa shape index (κ2) is 5.67. The average molecular weight is 369 g/mol. The number of halogens is 1. The van der Waals surface area contributed by atoms with Crippen molar-refractivity contribution in [3.63, 3.8) is 0 Å². The molecule has 0 saturated heterocycles. The molecule has 0 atom stereocenters. The lowest BCUT2D eigenvalue weighted by molar-refractivity contribution is -0.642. The average Bonchev–Trinajstić information content (AvgIpc) is 2.96. The van der Waals surface area contributed by atoms with Crippen LogP contribution in [0.5, 0.6) is 0 Å². The Morgan fingerprint density at radius 1 is 1.11 bits per heavy atom. The number of benzene rings is 1. The van der Waals surface area contributed by atoms with Crippen LogP contribution in [0.1, 0.15) is 10.8 Å². The summed E-state index contributed by atoms with van der Waals surface area (Å²) in [6, 6.07) is 12.3. The highest BCUT2D eigenvalue weighted by Gasteiger charge is 2.13. The molecule has 0 unspecified atom stereocenters. The van der Waals surface area contributed by atoms with Crippen LogP contribution in [0.15, 0.2) is 47.1 Å². The van der Waals surface area contributed by atoms with Crippen LogP contribution in [0.2, 0.25) is 0 Å². The number of rotatable bonds is 2. The normalized spacial score (nSPS) is 10.9. The zero-order valence-electron chi connectivity index (χ0n) is 9.84. The molecule has 0 aliphatic heterocycles. The van der Waals surface area contributed by atoms with Crippen LogP contribution in [0, 0.1) is 0 Å². The zero-order chi connectivity index (χ0) is 11.7. The SMILES string of the molecule is C[n+]1c(/C=C/c2ccco2)sc2ccccc21.[I-]. The lowest BCUT2D eigenvalue weighted by Gasteiger charge is -1.85. The number of fused-ring (bicyclic) bond motifs is 1. The van der Waals surface area contributed by atoms with E-state index in [2.05, 4.69) is 42.0 Å². The van der Waals surface area contributed by atoms with Gasteiger partial charge in [-0.15, -0.1) is 0 Å². The summed E-state index contributed by atoms with van der Waals surface area (Å²) < 4.78 is 8.77.